The first-order valence-corrected chi connectivity index (χ1v) is 11.1. The number of hydrogen-bond donors (Lipinski definition) is 1. The molecule has 156 valence electrons. The molecule has 5 nitrogen and oxygen atoms in total. The van der Waals surface area contributed by atoms with Gasteiger partial charge in [0, 0.05) is 58.4 Å². The molecule has 1 unspecified atom stereocenters. The zero-order valence-corrected chi connectivity index (χ0v) is 19.2. The van der Waals surface area contributed by atoms with Gasteiger partial charge in [-0.2, -0.15) is 0 Å². The summed E-state index contributed by atoms with van der Waals surface area (Å²) in [6.45, 7) is 2.83. The van der Waals surface area contributed by atoms with Crippen molar-refractivity contribution in [2.45, 2.75) is 6.54 Å². The lowest BCUT2D eigenvalue weighted by atomic mass is 10.1. The SMILES string of the molecule is O=C(NCC(=O)N1CC2=CN(Cc3ccc(Cl)cc3Cl)CC2C1)c1cccc(Br)c1. The van der Waals surface area contributed by atoms with E-state index in [-0.39, 0.29) is 18.4 Å². The summed E-state index contributed by atoms with van der Waals surface area (Å²) in [4.78, 5) is 28.8. The normalized spacial score (nSPS) is 17.7. The van der Waals surface area contributed by atoms with Gasteiger partial charge in [0.1, 0.15) is 0 Å². The van der Waals surface area contributed by atoms with Crippen molar-refractivity contribution < 1.29 is 9.59 Å². The molecule has 2 aromatic rings. The Bertz CT molecular complexity index is 1030. The van der Waals surface area contributed by atoms with Crippen LogP contribution in [0.4, 0.5) is 0 Å². The molecule has 0 radical (unpaired) electrons. The van der Waals surface area contributed by atoms with Crippen LogP contribution < -0.4 is 5.32 Å². The number of fused-ring (bicyclic) bond motifs is 1. The van der Waals surface area contributed by atoms with Gasteiger partial charge in [0.25, 0.3) is 5.91 Å². The van der Waals surface area contributed by atoms with E-state index in [9.17, 15) is 9.59 Å². The molecule has 2 aromatic carbocycles. The van der Waals surface area contributed by atoms with Crippen LogP contribution in [-0.2, 0) is 11.3 Å². The summed E-state index contributed by atoms with van der Waals surface area (Å²) in [7, 11) is 0. The van der Waals surface area contributed by atoms with Gasteiger partial charge in [-0.1, -0.05) is 51.3 Å². The van der Waals surface area contributed by atoms with Crippen LogP contribution in [0.1, 0.15) is 15.9 Å². The molecule has 0 spiro atoms. The van der Waals surface area contributed by atoms with Gasteiger partial charge in [-0.3, -0.25) is 9.59 Å². The fraction of sp³-hybridized carbons (Fsp3) is 0.273. The predicted octanol–water partition coefficient (Wildman–Crippen LogP) is 4.34. The average molecular weight is 509 g/mol. The first-order valence-electron chi connectivity index (χ1n) is 9.59. The Hall–Kier alpha value is -2.02. The molecule has 1 saturated heterocycles. The van der Waals surface area contributed by atoms with E-state index in [0.717, 1.165) is 16.6 Å². The third-order valence-corrected chi connectivity index (χ3v) is 6.45. The number of rotatable bonds is 5. The first-order chi connectivity index (χ1) is 14.4. The Balaban J connectivity index is 1.30. The molecule has 2 aliphatic rings. The summed E-state index contributed by atoms with van der Waals surface area (Å²) >= 11 is 15.6. The van der Waals surface area contributed by atoms with Crippen LogP contribution in [0.2, 0.25) is 10.0 Å². The zero-order chi connectivity index (χ0) is 21.3. The van der Waals surface area contributed by atoms with E-state index < -0.39 is 0 Å². The molecular weight excluding hydrogens is 489 g/mol. The third-order valence-electron chi connectivity index (χ3n) is 5.37. The minimum Gasteiger partial charge on any atom is -0.372 e. The maximum Gasteiger partial charge on any atom is 0.251 e. The van der Waals surface area contributed by atoms with Crippen molar-refractivity contribution in [1.82, 2.24) is 15.1 Å². The lowest BCUT2D eigenvalue weighted by Gasteiger charge is -2.21. The highest BCUT2D eigenvalue weighted by Crippen LogP contribution is 2.31. The molecule has 2 heterocycles. The molecule has 1 atom stereocenters. The second kappa shape index (κ2) is 9.00. The van der Waals surface area contributed by atoms with Crippen molar-refractivity contribution in [2.75, 3.05) is 26.2 Å². The van der Waals surface area contributed by atoms with Gasteiger partial charge in [0.05, 0.1) is 6.54 Å². The number of carbonyl (C=O) groups is 2. The number of likely N-dealkylation sites (tertiary alicyclic amines) is 1. The number of carbonyl (C=O) groups excluding carboxylic acids is 2. The van der Waals surface area contributed by atoms with Crippen LogP contribution in [0.3, 0.4) is 0 Å². The topological polar surface area (TPSA) is 52.7 Å². The highest BCUT2D eigenvalue weighted by Gasteiger charge is 2.35. The maximum atomic E-state index is 12.6. The number of benzene rings is 2. The van der Waals surface area contributed by atoms with Crippen LogP contribution >= 0.6 is 39.1 Å². The summed E-state index contributed by atoms with van der Waals surface area (Å²) < 4.78 is 0.824. The van der Waals surface area contributed by atoms with Gasteiger partial charge >= 0.3 is 0 Å². The van der Waals surface area contributed by atoms with Gasteiger partial charge < -0.3 is 15.1 Å². The number of nitrogens with zero attached hydrogens (tertiary/aromatic N) is 2. The van der Waals surface area contributed by atoms with E-state index in [2.05, 4.69) is 32.3 Å². The number of halogens is 3. The van der Waals surface area contributed by atoms with Crippen LogP contribution in [0.25, 0.3) is 0 Å². The van der Waals surface area contributed by atoms with Crippen LogP contribution in [0, 0.1) is 5.92 Å². The third kappa shape index (κ3) is 4.82. The fourth-order valence-corrected chi connectivity index (χ4v) is 4.72. The molecule has 1 N–H and O–H groups in total. The molecule has 0 bridgehead atoms. The second-order valence-electron chi connectivity index (χ2n) is 7.53. The molecule has 8 heteroatoms. The molecule has 30 heavy (non-hydrogen) atoms. The highest BCUT2D eigenvalue weighted by atomic mass is 79.9. The molecule has 2 aliphatic heterocycles. The molecule has 4 rings (SSSR count). The van der Waals surface area contributed by atoms with E-state index in [1.807, 2.05) is 23.1 Å². The van der Waals surface area contributed by atoms with E-state index >= 15 is 0 Å². The Morgan fingerprint density at radius 2 is 1.97 bits per heavy atom. The van der Waals surface area contributed by atoms with Crippen molar-refractivity contribution in [2.24, 2.45) is 5.92 Å². The lowest BCUT2D eigenvalue weighted by Crippen LogP contribution is -2.39. The van der Waals surface area contributed by atoms with Crippen LogP contribution in [-0.4, -0.2) is 47.8 Å². The van der Waals surface area contributed by atoms with Gasteiger partial charge in [0.2, 0.25) is 5.91 Å². The molecular formula is C22H20BrCl2N3O2. The largest absolute Gasteiger partial charge is 0.372 e. The number of hydrogen-bond acceptors (Lipinski definition) is 3. The van der Waals surface area contributed by atoms with Crippen molar-refractivity contribution in [3.05, 3.63) is 79.9 Å². The Morgan fingerprint density at radius 3 is 2.70 bits per heavy atom. The standard InChI is InChI=1S/C22H20BrCl2N3O2/c23-18-3-1-2-14(6-18)22(30)26-8-21(29)28-12-16-10-27(11-17(16)13-28)9-15-4-5-19(24)7-20(15)25/h1-7,10,17H,8-9,11-13H2,(H,26,30). The van der Waals surface area contributed by atoms with Gasteiger partial charge in [-0.15, -0.1) is 0 Å². The average Bonchev–Trinajstić information content (AvgIpc) is 3.27. The Labute approximate surface area is 193 Å². The lowest BCUT2D eigenvalue weighted by molar-refractivity contribution is -0.129. The smallest absolute Gasteiger partial charge is 0.251 e. The first kappa shape index (κ1) is 21.2. The van der Waals surface area contributed by atoms with Gasteiger partial charge in [-0.05, 0) is 41.5 Å². The highest BCUT2D eigenvalue weighted by molar-refractivity contribution is 9.10. The molecule has 2 amide bonds. The molecule has 0 aliphatic carbocycles. The van der Waals surface area contributed by atoms with Crippen molar-refractivity contribution in [3.8, 4) is 0 Å². The Morgan fingerprint density at radius 1 is 1.13 bits per heavy atom. The van der Waals surface area contributed by atoms with Gasteiger partial charge in [-0.25, -0.2) is 0 Å². The molecule has 1 fully saturated rings. The molecule has 0 aromatic heterocycles. The Kier molecular flexibility index (Phi) is 6.37. The van der Waals surface area contributed by atoms with Crippen molar-refractivity contribution in [3.63, 3.8) is 0 Å². The minimum atomic E-state index is -0.255. The minimum absolute atomic E-state index is 0.00452. The van der Waals surface area contributed by atoms with Crippen LogP contribution in [0.15, 0.2) is 58.7 Å². The van der Waals surface area contributed by atoms with Crippen molar-refractivity contribution in [1.29, 1.82) is 0 Å². The number of amides is 2. The summed E-state index contributed by atoms with van der Waals surface area (Å²) in [5, 5.41) is 4.00. The monoisotopic (exact) mass is 507 g/mol. The van der Waals surface area contributed by atoms with Crippen LogP contribution in [0.5, 0.6) is 0 Å². The van der Waals surface area contributed by atoms with E-state index in [1.54, 1.807) is 24.3 Å². The number of nitrogens with one attached hydrogen (secondary N) is 1. The summed E-state index contributed by atoms with van der Waals surface area (Å²) in [5.41, 5.74) is 2.79. The zero-order valence-electron chi connectivity index (χ0n) is 16.1. The predicted molar refractivity (Wildman–Crippen MR) is 122 cm³/mol. The van der Waals surface area contributed by atoms with Crippen molar-refractivity contribution >= 4 is 50.9 Å². The fourth-order valence-electron chi connectivity index (χ4n) is 3.86. The summed E-state index contributed by atoms with van der Waals surface area (Å²) in [5.74, 6) is -0.00368. The summed E-state index contributed by atoms with van der Waals surface area (Å²) in [6.07, 6.45) is 2.13. The second-order valence-corrected chi connectivity index (χ2v) is 9.29. The van der Waals surface area contributed by atoms with E-state index in [0.29, 0.717) is 41.2 Å². The van der Waals surface area contributed by atoms with E-state index in [4.69, 9.17) is 23.2 Å². The quantitative estimate of drug-likeness (QED) is 0.653. The molecule has 0 saturated carbocycles. The maximum absolute atomic E-state index is 12.6. The summed E-state index contributed by atoms with van der Waals surface area (Å²) in [6, 6.07) is 12.6. The van der Waals surface area contributed by atoms with Gasteiger partial charge in [0.15, 0.2) is 0 Å². The van der Waals surface area contributed by atoms with E-state index in [1.165, 1.54) is 5.57 Å².